The number of benzene rings is 3. The zero-order valence-electron chi connectivity index (χ0n) is 25.7. The van der Waals surface area contributed by atoms with Gasteiger partial charge in [-0.15, -0.1) is 0 Å². The number of fused-ring (bicyclic) bond motifs is 1. The molecule has 236 valence electrons. The average Bonchev–Trinajstić information content (AvgIpc) is 3.54. The third-order valence-electron chi connectivity index (χ3n) is 7.86. The van der Waals surface area contributed by atoms with Crippen molar-refractivity contribution in [2.24, 2.45) is 0 Å². The molecule has 0 unspecified atom stereocenters. The molecule has 0 aliphatic carbocycles. The Labute approximate surface area is 260 Å². The number of hydrogen-bond acceptors (Lipinski definition) is 9. The van der Waals surface area contributed by atoms with Crippen molar-refractivity contribution in [3.05, 3.63) is 83.4 Å². The van der Waals surface area contributed by atoms with Crippen molar-refractivity contribution in [2.45, 2.75) is 57.9 Å². The zero-order chi connectivity index (χ0) is 30.7. The Morgan fingerprint density at radius 1 is 0.864 bits per heavy atom. The van der Waals surface area contributed by atoms with Gasteiger partial charge in [-0.1, -0.05) is 41.5 Å². The van der Waals surface area contributed by atoms with Crippen molar-refractivity contribution in [1.82, 2.24) is 10.2 Å². The van der Waals surface area contributed by atoms with E-state index in [2.05, 4.69) is 10.2 Å². The summed E-state index contributed by atoms with van der Waals surface area (Å²) in [5.41, 5.74) is 3.06. The minimum Gasteiger partial charge on any atom is -0.493 e. The second-order valence-electron chi connectivity index (χ2n) is 11.5. The molecule has 0 radical (unpaired) electrons. The standard InChI is InChI=1S/C35H44N2O7/c1-25-5-10-28(11-6-25)40-19-15-33(38)36-30(24-37-17-3-4-18-37)35(27-9-14-31-32(23-27)43-22-21-42-31)44-34(39)16-20-41-29-12-7-26(2)8-13-29/h5-14,23,30,33,35-36,38H,3-4,15-22,24H2,1-2H3/t30-,33-,35-/m1/s1. The first kappa shape index (κ1) is 31.6. The molecule has 0 bridgehead atoms. The molecule has 1 fully saturated rings. The Balaban J connectivity index is 1.29. The third-order valence-corrected chi connectivity index (χ3v) is 7.86. The molecule has 0 amide bonds. The molecule has 3 atom stereocenters. The fourth-order valence-corrected chi connectivity index (χ4v) is 5.44. The highest BCUT2D eigenvalue weighted by atomic mass is 16.6. The summed E-state index contributed by atoms with van der Waals surface area (Å²) in [5, 5.41) is 14.5. The quantitative estimate of drug-likeness (QED) is 0.184. The first-order valence-corrected chi connectivity index (χ1v) is 15.6. The summed E-state index contributed by atoms with van der Waals surface area (Å²) < 4.78 is 29.5. The summed E-state index contributed by atoms with van der Waals surface area (Å²) in [6.45, 7) is 8.02. The van der Waals surface area contributed by atoms with Gasteiger partial charge in [-0.05, 0) is 81.7 Å². The minimum absolute atomic E-state index is 0.0817. The monoisotopic (exact) mass is 604 g/mol. The highest BCUT2D eigenvalue weighted by molar-refractivity contribution is 5.70. The molecule has 0 saturated carbocycles. The lowest BCUT2D eigenvalue weighted by Gasteiger charge is -2.33. The van der Waals surface area contributed by atoms with E-state index < -0.39 is 18.4 Å². The van der Waals surface area contributed by atoms with Gasteiger partial charge in [-0.2, -0.15) is 0 Å². The number of carbonyl (C=O) groups is 1. The smallest absolute Gasteiger partial charge is 0.309 e. The second kappa shape index (κ2) is 15.8. The van der Waals surface area contributed by atoms with Gasteiger partial charge in [0.15, 0.2) is 11.5 Å². The van der Waals surface area contributed by atoms with Gasteiger partial charge in [0.2, 0.25) is 0 Å². The Kier molecular flexibility index (Phi) is 11.4. The molecule has 9 nitrogen and oxygen atoms in total. The summed E-state index contributed by atoms with van der Waals surface area (Å²) in [7, 11) is 0. The van der Waals surface area contributed by atoms with Crippen LogP contribution in [0.4, 0.5) is 0 Å². The van der Waals surface area contributed by atoms with E-state index in [0.29, 0.717) is 50.0 Å². The zero-order valence-corrected chi connectivity index (χ0v) is 25.7. The molecule has 0 spiro atoms. The van der Waals surface area contributed by atoms with Gasteiger partial charge in [0.05, 0.1) is 25.7 Å². The molecule has 9 heteroatoms. The summed E-state index contributed by atoms with van der Waals surface area (Å²) in [6.07, 6.45) is 1.10. The predicted molar refractivity (Wildman–Crippen MR) is 167 cm³/mol. The molecule has 0 aromatic heterocycles. The van der Waals surface area contributed by atoms with E-state index in [0.717, 1.165) is 48.4 Å². The molecule has 2 N–H and O–H groups in total. The molecule has 1 saturated heterocycles. The molecule has 3 aromatic rings. The van der Waals surface area contributed by atoms with Crippen LogP contribution in [0, 0.1) is 13.8 Å². The van der Waals surface area contributed by atoms with E-state index in [1.54, 1.807) is 0 Å². The maximum Gasteiger partial charge on any atom is 0.309 e. The highest BCUT2D eigenvalue weighted by Gasteiger charge is 2.32. The maximum atomic E-state index is 13.3. The molecular formula is C35H44N2O7. The summed E-state index contributed by atoms with van der Waals surface area (Å²) in [4.78, 5) is 15.6. The summed E-state index contributed by atoms with van der Waals surface area (Å²) >= 11 is 0. The lowest BCUT2D eigenvalue weighted by molar-refractivity contribution is -0.152. The van der Waals surface area contributed by atoms with Crippen LogP contribution >= 0.6 is 0 Å². The van der Waals surface area contributed by atoms with Crippen LogP contribution in [0.25, 0.3) is 0 Å². The van der Waals surface area contributed by atoms with Crippen molar-refractivity contribution in [2.75, 3.05) is 46.1 Å². The lowest BCUT2D eigenvalue weighted by Crippen LogP contribution is -2.49. The summed E-state index contributed by atoms with van der Waals surface area (Å²) in [5.74, 6) is 2.35. The topological polar surface area (TPSA) is 98.7 Å². The van der Waals surface area contributed by atoms with Crippen LogP contribution in [-0.4, -0.2) is 74.3 Å². The van der Waals surface area contributed by atoms with E-state index in [9.17, 15) is 9.90 Å². The fraction of sp³-hybridized carbons (Fsp3) is 0.457. The van der Waals surface area contributed by atoms with Crippen LogP contribution in [0.1, 0.15) is 48.5 Å². The van der Waals surface area contributed by atoms with Gasteiger partial charge in [0.25, 0.3) is 0 Å². The Morgan fingerprint density at radius 2 is 1.48 bits per heavy atom. The second-order valence-corrected chi connectivity index (χ2v) is 11.5. The van der Waals surface area contributed by atoms with Crippen molar-refractivity contribution in [3.8, 4) is 23.0 Å². The highest BCUT2D eigenvalue weighted by Crippen LogP contribution is 2.35. The lowest BCUT2D eigenvalue weighted by atomic mass is 10.00. The van der Waals surface area contributed by atoms with Crippen LogP contribution in [-0.2, 0) is 9.53 Å². The van der Waals surface area contributed by atoms with Gasteiger partial charge < -0.3 is 33.7 Å². The Morgan fingerprint density at radius 3 is 2.14 bits per heavy atom. The Hall–Kier alpha value is -3.79. The van der Waals surface area contributed by atoms with Crippen molar-refractivity contribution >= 4 is 5.97 Å². The van der Waals surface area contributed by atoms with E-state index in [4.69, 9.17) is 23.7 Å². The maximum absolute atomic E-state index is 13.3. The van der Waals surface area contributed by atoms with Crippen molar-refractivity contribution in [1.29, 1.82) is 0 Å². The van der Waals surface area contributed by atoms with Crippen LogP contribution in [0.3, 0.4) is 0 Å². The molecule has 44 heavy (non-hydrogen) atoms. The number of carbonyl (C=O) groups excluding carboxylic acids is 1. The Bertz CT molecular complexity index is 1330. The van der Waals surface area contributed by atoms with Crippen LogP contribution in [0.15, 0.2) is 66.7 Å². The number of rotatable bonds is 15. The number of nitrogens with one attached hydrogen (secondary N) is 1. The third kappa shape index (κ3) is 9.35. The number of esters is 1. The van der Waals surface area contributed by atoms with Gasteiger partial charge in [-0.25, -0.2) is 0 Å². The molecule has 2 heterocycles. The molecule has 2 aliphatic rings. The van der Waals surface area contributed by atoms with Gasteiger partial charge >= 0.3 is 5.97 Å². The van der Waals surface area contributed by atoms with Crippen LogP contribution in [0.5, 0.6) is 23.0 Å². The van der Waals surface area contributed by atoms with E-state index >= 15 is 0 Å². The number of nitrogens with zero attached hydrogens (tertiary/aromatic N) is 1. The molecule has 3 aromatic carbocycles. The van der Waals surface area contributed by atoms with Crippen molar-refractivity contribution < 1.29 is 33.6 Å². The SMILES string of the molecule is Cc1ccc(OCCC(=O)O[C@H](c2ccc3c(c2)OCCO3)[C@@H](CN2CCCC2)N[C@H](O)CCOc2ccc(C)cc2)cc1. The first-order chi connectivity index (χ1) is 21.4. The molecular weight excluding hydrogens is 560 g/mol. The van der Waals surface area contributed by atoms with Gasteiger partial charge in [0.1, 0.15) is 37.0 Å². The van der Waals surface area contributed by atoms with Gasteiger partial charge in [-0.3, -0.25) is 10.1 Å². The average molecular weight is 605 g/mol. The molecule has 5 rings (SSSR count). The largest absolute Gasteiger partial charge is 0.493 e. The fourth-order valence-electron chi connectivity index (χ4n) is 5.44. The summed E-state index contributed by atoms with van der Waals surface area (Å²) in [6, 6.07) is 20.8. The normalized spacial score (nSPS) is 16.6. The number of aryl methyl sites for hydroxylation is 2. The van der Waals surface area contributed by atoms with E-state index in [1.807, 2.05) is 80.6 Å². The number of hydrogen-bond donors (Lipinski definition) is 2. The molecule has 2 aliphatic heterocycles. The van der Waals surface area contributed by atoms with E-state index in [1.165, 1.54) is 0 Å². The number of likely N-dealkylation sites (tertiary alicyclic amines) is 1. The minimum atomic E-state index is -0.878. The van der Waals surface area contributed by atoms with E-state index in [-0.39, 0.29) is 19.0 Å². The van der Waals surface area contributed by atoms with Gasteiger partial charge in [0, 0.05) is 13.0 Å². The number of aliphatic hydroxyl groups excluding tert-OH is 1. The van der Waals surface area contributed by atoms with Crippen LogP contribution in [0.2, 0.25) is 0 Å². The number of aliphatic hydroxyl groups is 1. The first-order valence-electron chi connectivity index (χ1n) is 15.6. The van der Waals surface area contributed by atoms with Crippen LogP contribution < -0.4 is 24.3 Å². The van der Waals surface area contributed by atoms with Crippen molar-refractivity contribution in [3.63, 3.8) is 0 Å². The predicted octanol–water partition coefficient (Wildman–Crippen LogP) is 4.97. The number of ether oxygens (including phenoxy) is 5.